The smallest absolute Gasteiger partial charge is 0.264 e. The van der Waals surface area contributed by atoms with Crippen molar-refractivity contribution >= 4 is 11.8 Å². The highest BCUT2D eigenvalue weighted by atomic mass is 32.2. The molecule has 0 atom stereocenters. The molecule has 0 radical (unpaired) electrons. The Balaban J connectivity index is 2.26. The summed E-state index contributed by atoms with van der Waals surface area (Å²) in [7, 11) is 0. The maximum atomic E-state index is 5.57. The van der Waals surface area contributed by atoms with Gasteiger partial charge in [0.2, 0.25) is 0 Å². The second kappa shape index (κ2) is 4.85. The van der Waals surface area contributed by atoms with Gasteiger partial charge in [0, 0.05) is 24.0 Å². The number of nitrogens with zero attached hydrogens (tertiary/aromatic N) is 3. The fourth-order valence-electron chi connectivity index (χ4n) is 1.32. The van der Waals surface area contributed by atoms with E-state index in [0.717, 1.165) is 22.8 Å². The van der Waals surface area contributed by atoms with Crippen LogP contribution in [0, 0.1) is 20.8 Å². The molecule has 0 unspecified atom stereocenters. The van der Waals surface area contributed by atoms with Crippen molar-refractivity contribution in [1.82, 2.24) is 15.0 Å². The monoisotopic (exact) mass is 250 g/mol. The third kappa shape index (κ3) is 2.83. The number of hydrogen-bond acceptors (Lipinski definition) is 6. The minimum Gasteiger partial charge on any atom is -0.436 e. The molecule has 2 aromatic rings. The molecule has 90 valence electrons. The van der Waals surface area contributed by atoms with Crippen LogP contribution in [0.2, 0.25) is 0 Å². The summed E-state index contributed by atoms with van der Waals surface area (Å²) >= 11 is 1.31. The first-order valence-electron chi connectivity index (χ1n) is 5.25. The third-order valence-electron chi connectivity index (χ3n) is 2.28. The van der Waals surface area contributed by atoms with E-state index in [9.17, 15) is 0 Å². The Bertz CT molecular complexity index is 519. The molecule has 0 saturated carbocycles. The molecule has 2 aromatic heterocycles. The van der Waals surface area contributed by atoms with Crippen LogP contribution in [0.3, 0.4) is 0 Å². The van der Waals surface area contributed by atoms with Gasteiger partial charge in [-0.3, -0.25) is 0 Å². The molecule has 2 rings (SSSR count). The van der Waals surface area contributed by atoms with Gasteiger partial charge >= 0.3 is 0 Å². The molecule has 0 spiro atoms. The number of aryl methyl sites for hydroxylation is 3. The van der Waals surface area contributed by atoms with Crippen LogP contribution in [0.25, 0.3) is 0 Å². The molecule has 0 amide bonds. The molecule has 0 saturated heterocycles. The van der Waals surface area contributed by atoms with Gasteiger partial charge in [-0.05, 0) is 26.8 Å². The molecule has 2 N–H and O–H groups in total. The summed E-state index contributed by atoms with van der Waals surface area (Å²) in [5.74, 6) is 0.819. The maximum Gasteiger partial charge on any atom is 0.264 e. The predicted octanol–water partition coefficient (Wildman–Crippen LogP) is 2.00. The van der Waals surface area contributed by atoms with Crippen LogP contribution in [0.1, 0.15) is 22.8 Å². The van der Waals surface area contributed by atoms with E-state index in [1.165, 1.54) is 11.8 Å². The standard InChI is InChI=1S/C11H14N4OS/c1-6-4-9(5-12)15-10(13-6)17-11-14-7(2)8(3)16-11/h4H,5,12H2,1-3H3. The van der Waals surface area contributed by atoms with Crippen LogP contribution in [0.5, 0.6) is 0 Å². The van der Waals surface area contributed by atoms with E-state index < -0.39 is 0 Å². The van der Waals surface area contributed by atoms with Crippen molar-refractivity contribution in [2.75, 3.05) is 0 Å². The Morgan fingerprint density at radius 1 is 1.24 bits per heavy atom. The normalized spacial score (nSPS) is 10.8. The van der Waals surface area contributed by atoms with Gasteiger partial charge in [-0.15, -0.1) is 0 Å². The van der Waals surface area contributed by atoms with Gasteiger partial charge < -0.3 is 10.2 Å². The van der Waals surface area contributed by atoms with Crippen LogP contribution in [-0.2, 0) is 6.54 Å². The van der Waals surface area contributed by atoms with Crippen molar-refractivity contribution in [2.24, 2.45) is 5.73 Å². The van der Waals surface area contributed by atoms with E-state index in [1.807, 2.05) is 26.8 Å². The zero-order valence-corrected chi connectivity index (χ0v) is 10.8. The molecule has 6 heteroatoms. The fraction of sp³-hybridized carbons (Fsp3) is 0.364. The minimum absolute atomic E-state index is 0.403. The summed E-state index contributed by atoms with van der Waals surface area (Å²) in [5, 5.41) is 1.18. The quantitative estimate of drug-likeness (QED) is 0.839. The molecule has 2 heterocycles. The van der Waals surface area contributed by atoms with Crippen molar-refractivity contribution in [1.29, 1.82) is 0 Å². The van der Waals surface area contributed by atoms with Crippen LogP contribution in [-0.4, -0.2) is 15.0 Å². The second-order valence-electron chi connectivity index (χ2n) is 3.71. The number of nitrogens with two attached hydrogens (primary N) is 1. The fourth-order valence-corrected chi connectivity index (χ4v) is 2.18. The van der Waals surface area contributed by atoms with Gasteiger partial charge in [-0.25, -0.2) is 15.0 Å². The average Bonchev–Trinajstić information content (AvgIpc) is 2.57. The van der Waals surface area contributed by atoms with Crippen molar-refractivity contribution in [3.05, 3.63) is 28.9 Å². The topological polar surface area (TPSA) is 77.8 Å². The summed E-state index contributed by atoms with van der Waals surface area (Å²) < 4.78 is 5.47. The van der Waals surface area contributed by atoms with Gasteiger partial charge in [0.05, 0.1) is 11.4 Å². The lowest BCUT2D eigenvalue weighted by Crippen LogP contribution is -2.02. The molecule has 0 aliphatic heterocycles. The molecule has 5 nitrogen and oxygen atoms in total. The first kappa shape index (κ1) is 12.1. The highest BCUT2D eigenvalue weighted by Gasteiger charge is 2.10. The third-order valence-corrected chi connectivity index (χ3v) is 3.00. The zero-order valence-electron chi connectivity index (χ0n) is 10.0. The summed E-state index contributed by atoms with van der Waals surface area (Å²) in [6, 6.07) is 1.87. The Morgan fingerprint density at radius 2 is 2.00 bits per heavy atom. The average molecular weight is 250 g/mol. The van der Waals surface area contributed by atoms with Crippen molar-refractivity contribution in [2.45, 2.75) is 37.7 Å². The molecule has 0 aliphatic rings. The molecule has 0 fully saturated rings. The maximum absolute atomic E-state index is 5.57. The molecule has 0 aromatic carbocycles. The molecule has 0 aliphatic carbocycles. The Hall–Kier alpha value is -1.40. The lowest BCUT2D eigenvalue weighted by atomic mass is 10.3. The van der Waals surface area contributed by atoms with Crippen LogP contribution < -0.4 is 5.73 Å². The summed E-state index contributed by atoms with van der Waals surface area (Å²) in [5.41, 5.74) is 8.17. The Morgan fingerprint density at radius 3 is 2.59 bits per heavy atom. The molecule has 0 bridgehead atoms. The van der Waals surface area contributed by atoms with Crippen molar-refractivity contribution in [3.8, 4) is 0 Å². The first-order valence-corrected chi connectivity index (χ1v) is 6.06. The zero-order chi connectivity index (χ0) is 12.4. The SMILES string of the molecule is Cc1cc(CN)nc(Sc2nc(C)c(C)o2)n1. The summed E-state index contributed by atoms with van der Waals surface area (Å²) in [4.78, 5) is 12.9. The lowest BCUT2D eigenvalue weighted by molar-refractivity contribution is 0.430. The van der Waals surface area contributed by atoms with E-state index in [2.05, 4.69) is 15.0 Å². The van der Waals surface area contributed by atoms with Gasteiger partial charge in [0.15, 0.2) is 5.16 Å². The van der Waals surface area contributed by atoms with Gasteiger partial charge in [0.1, 0.15) is 5.76 Å². The Kier molecular flexibility index (Phi) is 3.44. The van der Waals surface area contributed by atoms with E-state index in [0.29, 0.717) is 16.9 Å². The first-order chi connectivity index (χ1) is 8.08. The van der Waals surface area contributed by atoms with Crippen molar-refractivity contribution in [3.63, 3.8) is 0 Å². The van der Waals surface area contributed by atoms with E-state index >= 15 is 0 Å². The minimum atomic E-state index is 0.403. The van der Waals surface area contributed by atoms with Crippen LogP contribution >= 0.6 is 11.8 Å². The van der Waals surface area contributed by atoms with Crippen LogP contribution in [0.4, 0.5) is 0 Å². The number of hydrogen-bond donors (Lipinski definition) is 1. The van der Waals surface area contributed by atoms with E-state index in [-0.39, 0.29) is 0 Å². The molecular formula is C11H14N4OS. The second-order valence-corrected chi connectivity index (χ2v) is 4.63. The number of oxazole rings is 1. The summed E-state index contributed by atoms with van der Waals surface area (Å²) in [6.07, 6.45) is 0. The number of aromatic nitrogens is 3. The van der Waals surface area contributed by atoms with Crippen LogP contribution in [0.15, 0.2) is 20.9 Å². The summed E-state index contributed by atoms with van der Waals surface area (Å²) in [6.45, 7) is 6.11. The van der Waals surface area contributed by atoms with Crippen molar-refractivity contribution < 1.29 is 4.42 Å². The Labute approximate surface area is 104 Å². The van der Waals surface area contributed by atoms with E-state index in [4.69, 9.17) is 10.2 Å². The number of rotatable bonds is 3. The van der Waals surface area contributed by atoms with Gasteiger partial charge in [0.25, 0.3) is 5.22 Å². The molecular weight excluding hydrogens is 236 g/mol. The largest absolute Gasteiger partial charge is 0.436 e. The van der Waals surface area contributed by atoms with E-state index in [1.54, 1.807) is 0 Å². The van der Waals surface area contributed by atoms with Gasteiger partial charge in [-0.1, -0.05) is 0 Å². The highest BCUT2D eigenvalue weighted by Crippen LogP contribution is 2.25. The van der Waals surface area contributed by atoms with Gasteiger partial charge in [-0.2, -0.15) is 0 Å². The lowest BCUT2D eigenvalue weighted by Gasteiger charge is -2.01. The highest BCUT2D eigenvalue weighted by molar-refractivity contribution is 7.98. The molecule has 17 heavy (non-hydrogen) atoms. The predicted molar refractivity (Wildman–Crippen MR) is 64.8 cm³/mol.